The van der Waals surface area contributed by atoms with Crippen molar-refractivity contribution in [2.75, 3.05) is 0 Å². The van der Waals surface area contributed by atoms with Crippen LogP contribution in [0.5, 0.6) is 0 Å². The van der Waals surface area contributed by atoms with E-state index in [0.29, 0.717) is 0 Å². The molecule has 0 aromatic heterocycles. The van der Waals surface area contributed by atoms with E-state index in [9.17, 15) is 0 Å². The largest absolute Gasteiger partial charge is 0.0622 e. The molecule has 640 valence electrons. The Morgan fingerprint density at radius 3 is 0.486 bits per heavy atom. The van der Waals surface area contributed by atoms with Gasteiger partial charge >= 0.3 is 0 Å². The normalized spacial score (nSPS) is 11.6. The van der Waals surface area contributed by atoms with Crippen LogP contribution in [0, 0.1) is 0 Å². The minimum absolute atomic E-state index is 1.22. The van der Waals surface area contributed by atoms with E-state index in [2.05, 4.69) is 534 Å². The summed E-state index contributed by atoms with van der Waals surface area (Å²) in [5.74, 6) is 0. The Morgan fingerprint density at radius 1 is 0.0652 bits per heavy atom. The first-order chi connectivity index (χ1) is 68.4. The van der Waals surface area contributed by atoms with E-state index in [-0.39, 0.29) is 0 Å². The van der Waals surface area contributed by atoms with Gasteiger partial charge in [-0.3, -0.25) is 0 Å². The lowest BCUT2D eigenvalue weighted by molar-refractivity contribution is 1.61. The first kappa shape index (κ1) is 80.9. The summed E-state index contributed by atoms with van der Waals surface area (Å²) in [5.41, 5.74) is 24.9. The van der Waals surface area contributed by atoms with Crippen molar-refractivity contribution in [3.8, 4) is 111 Å². The second-order valence-electron chi connectivity index (χ2n) is 36.7. The van der Waals surface area contributed by atoms with Crippen molar-refractivity contribution in [3.05, 3.63) is 534 Å². The van der Waals surface area contributed by atoms with Gasteiger partial charge in [0.25, 0.3) is 0 Å². The highest BCUT2D eigenvalue weighted by Gasteiger charge is 2.25. The van der Waals surface area contributed by atoms with Crippen molar-refractivity contribution < 1.29 is 0 Å². The molecule has 0 unspecified atom stereocenters. The quantitative estimate of drug-likeness (QED) is 0.0946. The molecule has 0 radical (unpaired) electrons. The van der Waals surface area contributed by atoms with Gasteiger partial charge in [-0.2, -0.15) is 0 Å². The number of benzene rings is 28. The Balaban J connectivity index is 0.000000108. The molecular formula is C138H88. The van der Waals surface area contributed by atoms with Gasteiger partial charge in [0.2, 0.25) is 0 Å². The first-order valence-electron chi connectivity index (χ1n) is 47.9. The summed E-state index contributed by atoms with van der Waals surface area (Å²) in [6.07, 6.45) is 0. The molecule has 0 fully saturated rings. The fourth-order valence-corrected chi connectivity index (χ4v) is 22.2. The smallest absolute Gasteiger partial charge is 0.00257 e. The van der Waals surface area contributed by atoms with Crippen LogP contribution in [0.25, 0.3) is 273 Å². The van der Waals surface area contributed by atoms with E-state index in [1.54, 1.807) is 0 Å². The number of fused-ring (bicyclic) bond motifs is 18. The Hall–Kier alpha value is -17.9. The van der Waals surface area contributed by atoms with Gasteiger partial charge in [-0.15, -0.1) is 0 Å². The molecule has 0 saturated carbocycles. The van der Waals surface area contributed by atoms with Crippen LogP contribution >= 0.6 is 0 Å². The Kier molecular flexibility index (Phi) is 20.1. The average Bonchev–Trinajstić information content (AvgIpc) is 0.721. The van der Waals surface area contributed by atoms with Crippen molar-refractivity contribution in [1.29, 1.82) is 0 Å². The second-order valence-corrected chi connectivity index (χ2v) is 36.7. The lowest BCUT2D eigenvalue weighted by Gasteiger charge is -2.20. The summed E-state index contributed by atoms with van der Waals surface area (Å²) < 4.78 is 0. The number of hydrogen-bond acceptors (Lipinski definition) is 0. The van der Waals surface area contributed by atoms with Crippen LogP contribution in [0.1, 0.15) is 0 Å². The van der Waals surface area contributed by atoms with Crippen molar-refractivity contribution in [2.24, 2.45) is 0 Å². The lowest BCUT2D eigenvalue weighted by atomic mass is 9.82. The van der Waals surface area contributed by atoms with Crippen LogP contribution in [0.2, 0.25) is 0 Å². The summed E-state index contributed by atoms with van der Waals surface area (Å²) in [6.45, 7) is 0. The molecule has 138 heavy (non-hydrogen) atoms. The summed E-state index contributed by atoms with van der Waals surface area (Å²) in [6, 6.07) is 196. The Morgan fingerprint density at radius 2 is 0.225 bits per heavy atom. The number of rotatable bonds is 10. The van der Waals surface area contributed by atoms with Crippen LogP contribution in [0.3, 0.4) is 0 Å². The van der Waals surface area contributed by atoms with Crippen molar-refractivity contribution in [3.63, 3.8) is 0 Å². The van der Waals surface area contributed by atoms with E-state index < -0.39 is 0 Å². The minimum atomic E-state index is 1.22. The number of hydrogen-bond donors (Lipinski definition) is 0. The molecule has 28 rings (SSSR count). The highest BCUT2D eigenvalue weighted by Crippen LogP contribution is 2.53. The van der Waals surface area contributed by atoms with Crippen LogP contribution in [-0.4, -0.2) is 0 Å². The maximum Gasteiger partial charge on any atom is -0.00257 e. The fourth-order valence-electron chi connectivity index (χ4n) is 22.2. The van der Waals surface area contributed by atoms with Gasteiger partial charge in [-0.25, -0.2) is 0 Å². The molecule has 0 spiro atoms. The average molecular weight is 1750 g/mol. The zero-order valence-corrected chi connectivity index (χ0v) is 75.8. The van der Waals surface area contributed by atoms with E-state index in [4.69, 9.17) is 0 Å². The van der Waals surface area contributed by atoms with Crippen LogP contribution in [-0.2, 0) is 0 Å². The van der Waals surface area contributed by atoms with Gasteiger partial charge in [-0.05, 0) is 358 Å². The van der Waals surface area contributed by atoms with Gasteiger partial charge in [-0.1, -0.05) is 449 Å². The standard InChI is InChI=1S/2C50H32.C38H24/c1-3-13-33(14-4-1)36-20-11-22-41(27-36)49-45-29-38-18-7-8-19-39(38)30-46(45)50(42-23-12-21-37(28-42)34-15-5-2-6-16-34)48-32-44-40(31-47(48)49)26-25-35-17-9-10-24-43(35)44;1-3-11-33(12-4-1)35-19-24-38(25-20-35)49-45-29-40-16-7-8-17-41(40)30-46(45)50(39-26-21-36(22-27-39)34-13-5-2-6-14-34)48-32-44-42(31-47(48)49)28-23-37-15-9-10-18-43(37)44;1-3-12-26(13-4-1)37-33-21-28-16-7-8-17-29(28)22-34(33)38(27-14-5-2-6-15-27)36-24-32-30(23-35(36)37)20-19-25-11-9-10-18-31(25)32/h2*1-32H;1-24H. The van der Waals surface area contributed by atoms with Crippen molar-refractivity contribution in [2.45, 2.75) is 0 Å². The van der Waals surface area contributed by atoms with E-state index in [0.717, 1.165) is 0 Å². The molecule has 0 aliphatic rings. The van der Waals surface area contributed by atoms with Crippen molar-refractivity contribution in [1.82, 2.24) is 0 Å². The third-order valence-corrected chi connectivity index (χ3v) is 28.7. The van der Waals surface area contributed by atoms with E-state index in [1.165, 1.54) is 273 Å². The second kappa shape index (κ2) is 34.3. The highest BCUT2D eigenvalue weighted by molar-refractivity contribution is 6.31. The molecule has 0 atom stereocenters. The van der Waals surface area contributed by atoms with E-state index in [1.807, 2.05) is 0 Å². The van der Waals surface area contributed by atoms with Gasteiger partial charge in [0, 0.05) is 0 Å². The summed E-state index contributed by atoms with van der Waals surface area (Å²) in [7, 11) is 0. The topological polar surface area (TPSA) is 0 Å². The molecule has 0 saturated heterocycles. The predicted octanol–water partition coefficient (Wildman–Crippen LogP) is 39.0. The summed E-state index contributed by atoms with van der Waals surface area (Å²) >= 11 is 0. The van der Waals surface area contributed by atoms with Gasteiger partial charge in [0.05, 0.1) is 0 Å². The monoisotopic (exact) mass is 1740 g/mol. The SMILES string of the molecule is c1ccc(-c2c3cc4ccccc4cc3c(-c3ccccc3)c3cc4c(ccc5ccccc54)cc23)cc1.c1ccc(-c2ccc(-c3c4cc5ccccc5cc4c(-c4ccc(-c5ccccc5)cc4)c4cc5c(ccc6ccccc65)cc34)cc2)cc1.c1ccc(-c2cccc(-c3c4cc5ccccc5cc4c(-c4cccc(-c5ccccc5)c4)c4cc5c(ccc6ccccc65)cc34)c2)cc1. The first-order valence-corrected chi connectivity index (χ1v) is 47.9. The molecule has 0 aliphatic heterocycles. The van der Waals surface area contributed by atoms with Crippen LogP contribution in [0.15, 0.2) is 534 Å². The van der Waals surface area contributed by atoms with Gasteiger partial charge in [0.1, 0.15) is 0 Å². The molecule has 0 heteroatoms. The molecule has 0 N–H and O–H groups in total. The maximum atomic E-state index is 2.47. The molecule has 0 nitrogen and oxygen atoms in total. The summed E-state index contributed by atoms with van der Waals surface area (Å²) in [4.78, 5) is 0. The molecule has 0 bridgehead atoms. The maximum absolute atomic E-state index is 2.47. The van der Waals surface area contributed by atoms with Gasteiger partial charge in [0.15, 0.2) is 0 Å². The zero-order valence-electron chi connectivity index (χ0n) is 75.8. The minimum Gasteiger partial charge on any atom is -0.0622 e. The molecule has 0 heterocycles. The van der Waals surface area contributed by atoms with Crippen molar-refractivity contribution >= 4 is 162 Å². The molecular weight excluding hydrogens is 1660 g/mol. The summed E-state index contributed by atoms with van der Waals surface area (Å²) in [5, 5.41) is 38.1. The van der Waals surface area contributed by atoms with Gasteiger partial charge < -0.3 is 0 Å². The molecule has 28 aromatic carbocycles. The Bertz CT molecular complexity index is 9690. The zero-order chi connectivity index (χ0) is 91.1. The third kappa shape index (κ3) is 14.4. The van der Waals surface area contributed by atoms with Crippen LogP contribution in [0.4, 0.5) is 0 Å². The fraction of sp³-hybridized carbons (Fsp3) is 0. The molecule has 0 aliphatic carbocycles. The predicted molar refractivity (Wildman–Crippen MR) is 596 cm³/mol. The van der Waals surface area contributed by atoms with E-state index >= 15 is 0 Å². The highest BCUT2D eigenvalue weighted by atomic mass is 14.3. The molecule has 0 amide bonds. The third-order valence-electron chi connectivity index (χ3n) is 28.7. The lowest BCUT2D eigenvalue weighted by Crippen LogP contribution is -1.93. The Labute approximate surface area is 800 Å². The van der Waals surface area contributed by atoms with Crippen LogP contribution < -0.4 is 0 Å². The molecule has 28 aromatic rings.